The van der Waals surface area contributed by atoms with Crippen molar-refractivity contribution in [2.45, 2.75) is 18.7 Å². The maximum atomic E-state index is 12.5. The SMILES string of the molecule is CCN(CC(=O)N(C)C)S(=O)(=O)c1cc(C(=O)O)sc1C. The van der Waals surface area contributed by atoms with Crippen LogP contribution in [-0.2, 0) is 14.8 Å². The lowest BCUT2D eigenvalue weighted by Gasteiger charge is -2.21. The quantitative estimate of drug-likeness (QED) is 0.832. The molecule has 0 aliphatic carbocycles. The van der Waals surface area contributed by atoms with Gasteiger partial charge in [-0.15, -0.1) is 11.3 Å². The molecule has 1 N–H and O–H groups in total. The van der Waals surface area contributed by atoms with Crippen LogP contribution in [0.1, 0.15) is 21.5 Å². The molecule has 0 aromatic carbocycles. The highest BCUT2D eigenvalue weighted by Gasteiger charge is 2.29. The van der Waals surface area contributed by atoms with Crippen molar-refractivity contribution in [3.8, 4) is 0 Å². The van der Waals surface area contributed by atoms with Gasteiger partial charge < -0.3 is 10.0 Å². The molecule has 0 bridgehead atoms. The van der Waals surface area contributed by atoms with Gasteiger partial charge in [-0.2, -0.15) is 4.31 Å². The number of hydrogen-bond donors (Lipinski definition) is 1. The van der Waals surface area contributed by atoms with Crippen LogP contribution in [0.4, 0.5) is 0 Å². The highest BCUT2D eigenvalue weighted by atomic mass is 32.2. The molecule has 0 unspecified atom stereocenters. The summed E-state index contributed by atoms with van der Waals surface area (Å²) in [7, 11) is -0.805. The molecule has 1 rings (SSSR count). The lowest BCUT2D eigenvalue weighted by molar-refractivity contribution is -0.128. The van der Waals surface area contributed by atoms with Gasteiger partial charge in [0, 0.05) is 25.5 Å². The van der Waals surface area contributed by atoms with E-state index < -0.39 is 16.0 Å². The molecule has 0 spiro atoms. The molecule has 0 atom stereocenters. The second kappa shape index (κ2) is 6.54. The summed E-state index contributed by atoms with van der Waals surface area (Å²) in [6.07, 6.45) is 0. The number of rotatable bonds is 6. The van der Waals surface area contributed by atoms with Crippen LogP contribution in [0.5, 0.6) is 0 Å². The number of aryl methyl sites for hydroxylation is 1. The fourth-order valence-electron chi connectivity index (χ4n) is 1.62. The Morgan fingerprint density at radius 2 is 1.90 bits per heavy atom. The minimum absolute atomic E-state index is 0.0407. The molecule has 0 fully saturated rings. The minimum Gasteiger partial charge on any atom is -0.477 e. The maximum Gasteiger partial charge on any atom is 0.345 e. The van der Waals surface area contributed by atoms with Gasteiger partial charge in [0.25, 0.3) is 0 Å². The summed E-state index contributed by atoms with van der Waals surface area (Å²) < 4.78 is 26.1. The first-order chi connectivity index (χ1) is 9.61. The van der Waals surface area contributed by atoms with E-state index in [4.69, 9.17) is 5.11 Å². The zero-order chi connectivity index (χ0) is 16.4. The summed E-state index contributed by atoms with van der Waals surface area (Å²) in [6.45, 7) is 3.02. The Bertz CT molecular complexity index is 649. The van der Waals surface area contributed by atoms with E-state index in [-0.39, 0.29) is 28.8 Å². The van der Waals surface area contributed by atoms with Gasteiger partial charge in [-0.1, -0.05) is 6.92 Å². The first-order valence-corrected chi connectivity index (χ1v) is 8.41. The normalized spacial score (nSPS) is 11.7. The van der Waals surface area contributed by atoms with Crippen LogP contribution in [0.15, 0.2) is 11.0 Å². The van der Waals surface area contributed by atoms with E-state index in [0.29, 0.717) is 4.88 Å². The Hall–Kier alpha value is -1.45. The number of amides is 1. The summed E-state index contributed by atoms with van der Waals surface area (Å²) in [6, 6.07) is 1.14. The lowest BCUT2D eigenvalue weighted by Crippen LogP contribution is -2.40. The van der Waals surface area contributed by atoms with Gasteiger partial charge in [-0.25, -0.2) is 13.2 Å². The Morgan fingerprint density at radius 3 is 2.29 bits per heavy atom. The smallest absolute Gasteiger partial charge is 0.345 e. The van der Waals surface area contributed by atoms with Gasteiger partial charge in [0.15, 0.2) is 0 Å². The molecule has 0 radical (unpaired) electrons. The monoisotopic (exact) mass is 334 g/mol. The summed E-state index contributed by atoms with van der Waals surface area (Å²) in [5.74, 6) is -1.51. The lowest BCUT2D eigenvalue weighted by atomic mass is 10.4. The van der Waals surface area contributed by atoms with E-state index >= 15 is 0 Å². The van der Waals surface area contributed by atoms with Crippen LogP contribution < -0.4 is 0 Å². The number of likely N-dealkylation sites (N-methyl/N-ethyl adjacent to an activating group) is 2. The highest BCUT2D eigenvalue weighted by Crippen LogP contribution is 2.28. The fraction of sp³-hybridized carbons (Fsp3) is 0.500. The van der Waals surface area contributed by atoms with Crippen molar-refractivity contribution in [2.75, 3.05) is 27.2 Å². The molecule has 7 nitrogen and oxygen atoms in total. The van der Waals surface area contributed by atoms with Gasteiger partial charge in [-0.05, 0) is 13.0 Å². The molecule has 118 valence electrons. The molecular formula is C12H18N2O5S2. The third kappa shape index (κ3) is 3.80. The molecular weight excluding hydrogens is 316 g/mol. The van der Waals surface area contributed by atoms with Crippen LogP contribution >= 0.6 is 11.3 Å². The minimum atomic E-state index is -3.89. The third-order valence-corrected chi connectivity index (χ3v) is 6.08. The average Bonchev–Trinajstić information content (AvgIpc) is 2.78. The van der Waals surface area contributed by atoms with E-state index in [1.165, 1.54) is 4.90 Å². The Balaban J connectivity index is 3.19. The van der Waals surface area contributed by atoms with Crippen molar-refractivity contribution >= 4 is 33.2 Å². The topological polar surface area (TPSA) is 95.0 Å². The van der Waals surface area contributed by atoms with Crippen molar-refractivity contribution in [1.82, 2.24) is 9.21 Å². The number of carbonyl (C=O) groups excluding carboxylic acids is 1. The molecule has 1 aromatic heterocycles. The molecule has 1 amide bonds. The largest absolute Gasteiger partial charge is 0.477 e. The van der Waals surface area contributed by atoms with Crippen LogP contribution in [0, 0.1) is 6.92 Å². The molecule has 0 aliphatic heterocycles. The molecule has 0 saturated heterocycles. The fourth-order valence-corrected chi connectivity index (χ4v) is 4.42. The van der Waals surface area contributed by atoms with Crippen molar-refractivity contribution in [2.24, 2.45) is 0 Å². The van der Waals surface area contributed by atoms with Crippen molar-refractivity contribution in [1.29, 1.82) is 0 Å². The van der Waals surface area contributed by atoms with E-state index in [1.54, 1.807) is 27.9 Å². The molecule has 21 heavy (non-hydrogen) atoms. The van der Waals surface area contributed by atoms with Crippen LogP contribution in [0.2, 0.25) is 0 Å². The second-order valence-electron chi connectivity index (χ2n) is 4.56. The van der Waals surface area contributed by atoms with Crippen molar-refractivity contribution in [3.63, 3.8) is 0 Å². The van der Waals surface area contributed by atoms with E-state index in [0.717, 1.165) is 21.7 Å². The van der Waals surface area contributed by atoms with Gasteiger partial charge in [0.05, 0.1) is 11.4 Å². The maximum absolute atomic E-state index is 12.5. The van der Waals surface area contributed by atoms with Gasteiger partial charge in [0.2, 0.25) is 15.9 Å². The summed E-state index contributed by atoms with van der Waals surface area (Å²) in [4.78, 5) is 24.3. The van der Waals surface area contributed by atoms with Crippen molar-refractivity contribution in [3.05, 3.63) is 15.8 Å². The van der Waals surface area contributed by atoms with Crippen LogP contribution in [0.25, 0.3) is 0 Å². The van der Waals surface area contributed by atoms with Crippen LogP contribution in [-0.4, -0.2) is 61.8 Å². The second-order valence-corrected chi connectivity index (χ2v) is 7.72. The zero-order valence-corrected chi connectivity index (χ0v) is 13.9. The number of hydrogen-bond acceptors (Lipinski definition) is 5. The molecule has 9 heteroatoms. The highest BCUT2D eigenvalue weighted by molar-refractivity contribution is 7.89. The predicted molar refractivity (Wildman–Crippen MR) is 79.1 cm³/mol. The van der Waals surface area contributed by atoms with E-state index in [2.05, 4.69) is 0 Å². The number of sulfonamides is 1. The first-order valence-electron chi connectivity index (χ1n) is 6.15. The molecule has 0 aliphatic rings. The molecule has 1 heterocycles. The van der Waals surface area contributed by atoms with Gasteiger partial charge in [0.1, 0.15) is 4.88 Å². The Kier molecular flexibility index (Phi) is 5.48. The predicted octanol–water partition coefficient (Wildman–Crippen LogP) is 0.854. The number of aromatic carboxylic acids is 1. The number of carbonyl (C=O) groups is 2. The zero-order valence-electron chi connectivity index (χ0n) is 12.3. The summed E-state index contributed by atoms with van der Waals surface area (Å²) in [5.41, 5.74) is 0. The molecule has 0 saturated carbocycles. The third-order valence-electron chi connectivity index (χ3n) is 2.86. The Morgan fingerprint density at radius 1 is 1.33 bits per heavy atom. The number of carboxylic acid groups (broad SMARTS) is 1. The average molecular weight is 334 g/mol. The number of thiophene rings is 1. The van der Waals surface area contributed by atoms with Gasteiger partial charge in [-0.3, -0.25) is 4.79 Å². The molecule has 1 aromatic rings. The van der Waals surface area contributed by atoms with E-state index in [9.17, 15) is 18.0 Å². The summed E-state index contributed by atoms with van der Waals surface area (Å²) >= 11 is 0.902. The Labute approximate surface area is 127 Å². The standard InChI is InChI=1S/C12H18N2O5S2/c1-5-14(7-11(15)13(3)4)21(18,19)10-6-9(12(16)17)20-8(10)2/h6H,5,7H2,1-4H3,(H,16,17). The van der Waals surface area contributed by atoms with E-state index in [1.807, 2.05) is 0 Å². The first kappa shape index (κ1) is 17.6. The number of carboxylic acids is 1. The van der Waals surface area contributed by atoms with Crippen LogP contribution in [0.3, 0.4) is 0 Å². The number of nitrogens with zero attached hydrogens (tertiary/aromatic N) is 2. The summed E-state index contributed by atoms with van der Waals surface area (Å²) in [5, 5.41) is 8.94. The van der Waals surface area contributed by atoms with Gasteiger partial charge >= 0.3 is 5.97 Å². The van der Waals surface area contributed by atoms with Crippen molar-refractivity contribution < 1.29 is 23.1 Å².